The summed E-state index contributed by atoms with van der Waals surface area (Å²) in [4.78, 5) is 8.25. The Morgan fingerprint density at radius 3 is 2.43 bits per heavy atom. The zero-order valence-corrected chi connectivity index (χ0v) is 8.14. The fraction of sp³-hybridized carbons (Fsp3) is 0.167. The monoisotopic (exact) mass is 184 g/mol. The quantitative estimate of drug-likeness (QED) is 0.716. The highest BCUT2D eigenvalue weighted by Gasteiger charge is 1.95. The van der Waals surface area contributed by atoms with Crippen LogP contribution in [-0.2, 0) is 6.42 Å². The minimum Gasteiger partial charge on any atom is -0.265 e. The van der Waals surface area contributed by atoms with Crippen molar-refractivity contribution in [2.45, 2.75) is 13.3 Å². The Morgan fingerprint density at radius 1 is 1.00 bits per heavy atom. The molecule has 2 aromatic rings. The molecular weight excluding hydrogens is 172 g/mol. The van der Waals surface area contributed by atoms with Gasteiger partial charge in [-0.05, 0) is 42.7 Å². The van der Waals surface area contributed by atoms with Gasteiger partial charge in [-0.1, -0.05) is 6.07 Å². The molecule has 2 aromatic heterocycles. The molecule has 0 radical (unpaired) electrons. The summed E-state index contributed by atoms with van der Waals surface area (Å²) in [5.74, 6) is 0. The first-order valence-corrected chi connectivity index (χ1v) is 4.65. The van der Waals surface area contributed by atoms with E-state index >= 15 is 0 Å². The molecule has 0 saturated carbocycles. The molecule has 0 aliphatic carbocycles. The van der Waals surface area contributed by atoms with Crippen LogP contribution in [0.25, 0.3) is 0 Å². The van der Waals surface area contributed by atoms with E-state index in [1.807, 2.05) is 43.7 Å². The van der Waals surface area contributed by atoms with E-state index < -0.39 is 0 Å². The molecule has 0 spiro atoms. The van der Waals surface area contributed by atoms with Gasteiger partial charge in [0.15, 0.2) is 0 Å². The average Bonchev–Trinajstić information content (AvgIpc) is 2.23. The summed E-state index contributed by atoms with van der Waals surface area (Å²) in [7, 11) is 0. The van der Waals surface area contributed by atoms with Crippen LogP contribution < -0.4 is 0 Å². The summed E-state index contributed by atoms with van der Waals surface area (Å²) in [6.45, 7) is 2.00. The largest absolute Gasteiger partial charge is 0.265 e. The van der Waals surface area contributed by atoms with E-state index in [1.165, 1.54) is 11.1 Å². The number of rotatable bonds is 2. The molecule has 2 heterocycles. The summed E-state index contributed by atoms with van der Waals surface area (Å²) >= 11 is 0. The van der Waals surface area contributed by atoms with E-state index in [9.17, 15) is 0 Å². The number of nitrogens with zero attached hydrogens (tertiary/aromatic N) is 2. The predicted octanol–water partition coefficient (Wildman–Crippen LogP) is 2.38. The van der Waals surface area contributed by atoms with Gasteiger partial charge in [-0.3, -0.25) is 9.97 Å². The van der Waals surface area contributed by atoms with Crippen LogP contribution in [0.1, 0.15) is 16.8 Å². The van der Waals surface area contributed by atoms with Crippen molar-refractivity contribution in [2.75, 3.05) is 0 Å². The van der Waals surface area contributed by atoms with Crippen molar-refractivity contribution < 1.29 is 0 Å². The molecule has 70 valence electrons. The van der Waals surface area contributed by atoms with Gasteiger partial charge in [-0.2, -0.15) is 0 Å². The first-order chi connectivity index (χ1) is 6.84. The minimum atomic E-state index is 0.926. The molecule has 0 unspecified atom stereocenters. The molecule has 0 atom stereocenters. The Labute approximate surface area is 83.7 Å². The Kier molecular flexibility index (Phi) is 2.54. The van der Waals surface area contributed by atoms with Gasteiger partial charge < -0.3 is 0 Å². The predicted molar refractivity (Wildman–Crippen MR) is 56.0 cm³/mol. The number of aromatic nitrogens is 2. The zero-order chi connectivity index (χ0) is 9.80. The topological polar surface area (TPSA) is 25.8 Å². The van der Waals surface area contributed by atoms with Crippen LogP contribution in [0.4, 0.5) is 0 Å². The molecule has 0 aromatic carbocycles. The van der Waals surface area contributed by atoms with Crippen molar-refractivity contribution in [3.63, 3.8) is 0 Å². The molecule has 0 aliphatic heterocycles. The van der Waals surface area contributed by atoms with Gasteiger partial charge in [0.2, 0.25) is 0 Å². The van der Waals surface area contributed by atoms with Crippen LogP contribution in [0.2, 0.25) is 0 Å². The SMILES string of the molecule is Cc1ccc(Cc2ccncc2)cn1. The van der Waals surface area contributed by atoms with Crippen LogP contribution >= 0.6 is 0 Å². The second-order valence-electron chi connectivity index (χ2n) is 3.34. The van der Waals surface area contributed by atoms with Gasteiger partial charge in [0.05, 0.1) is 0 Å². The Balaban J connectivity index is 2.16. The van der Waals surface area contributed by atoms with Crippen molar-refractivity contribution >= 4 is 0 Å². The second kappa shape index (κ2) is 4.01. The maximum absolute atomic E-state index is 4.26. The number of hydrogen-bond donors (Lipinski definition) is 0. The van der Waals surface area contributed by atoms with Crippen molar-refractivity contribution in [1.82, 2.24) is 9.97 Å². The Bertz CT molecular complexity index is 392. The Morgan fingerprint density at radius 2 is 1.79 bits per heavy atom. The first-order valence-electron chi connectivity index (χ1n) is 4.65. The third-order valence-electron chi connectivity index (χ3n) is 2.13. The van der Waals surface area contributed by atoms with Crippen LogP contribution in [0.5, 0.6) is 0 Å². The van der Waals surface area contributed by atoms with Crippen LogP contribution in [-0.4, -0.2) is 9.97 Å². The van der Waals surface area contributed by atoms with Crippen molar-refractivity contribution in [2.24, 2.45) is 0 Å². The Hall–Kier alpha value is -1.70. The van der Waals surface area contributed by atoms with Crippen molar-refractivity contribution in [3.8, 4) is 0 Å². The summed E-state index contributed by atoms with van der Waals surface area (Å²) in [6.07, 6.45) is 6.49. The van der Waals surface area contributed by atoms with Gasteiger partial charge in [0.25, 0.3) is 0 Å². The van der Waals surface area contributed by atoms with Gasteiger partial charge in [0.1, 0.15) is 0 Å². The number of hydrogen-bond acceptors (Lipinski definition) is 2. The standard InChI is InChI=1S/C12H12N2/c1-10-2-3-12(9-14-10)8-11-4-6-13-7-5-11/h2-7,9H,8H2,1H3. The van der Waals surface area contributed by atoms with Crippen LogP contribution in [0.3, 0.4) is 0 Å². The van der Waals surface area contributed by atoms with E-state index in [0.29, 0.717) is 0 Å². The van der Waals surface area contributed by atoms with E-state index in [-0.39, 0.29) is 0 Å². The molecule has 0 N–H and O–H groups in total. The molecule has 0 amide bonds. The first kappa shape index (κ1) is 8.88. The van der Waals surface area contributed by atoms with Gasteiger partial charge in [-0.15, -0.1) is 0 Å². The normalized spacial score (nSPS) is 10.1. The van der Waals surface area contributed by atoms with Crippen LogP contribution in [0, 0.1) is 6.92 Å². The highest BCUT2D eigenvalue weighted by atomic mass is 14.7. The summed E-state index contributed by atoms with van der Waals surface area (Å²) in [5.41, 5.74) is 3.57. The van der Waals surface area contributed by atoms with E-state index in [4.69, 9.17) is 0 Å². The van der Waals surface area contributed by atoms with E-state index in [2.05, 4.69) is 16.0 Å². The van der Waals surface area contributed by atoms with Gasteiger partial charge in [-0.25, -0.2) is 0 Å². The molecule has 0 bridgehead atoms. The third kappa shape index (κ3) is 2.16. The molecular formula is C12H12N2. The molecule has 0 aliphatic rings. The summed E-state index contributed by atoms with van der Waals surface area (Å²) < 4.78 is 0. The lowest BCUT2D eigenvalue weighted by molar-refractivity contribution is 1.10. The molecule has 2 rings (SSSR count). The highest BCUT2D eigenvalue weighted by Crippen LogP contribution is 2.07. The fourth-order valence-electron chi connectivity index (χ4n) is 1.34. The van der Waals surface area contributed by atoms with Gasteiger partial charge in [0, 0.05) is 24.3 Å². The molecule has 2 heteroatoms. The lowest BCUT2D eigenvalue weighted by atomic mass is 10.1. The number of pyridine rings is 2. The molecule has 0 saturated heterocycles. The van der Waals surface area contributed by atoms with E-state index in [0.717, 1.165) is 12.1 Å². The zero-order valence-electron chi connectivity index (χ0n) is 8.14. The van der Waals surface area contributed by atoms with Crippen molar-refractivity contribution in [1.29, 1.82) is 0 Å². The summed E-state index contributed by atoms with van der Waals surface area (Å²) in [6, 6.07) is 8.21. The molecule has 0 fully saturated rings. The van der Waals surface area contributed by atoms with Crippen LogP contribution in [0.15, 0.2) is 42.9 Å². The lowest BCUT2D eigenvalue weighted by Gasteiger charge is -2.00. The smallest absolute Gasteiger partial charge is 0.0372 e. The minimum absolute atomic E-state index is 0.926. The van der Waals surface area contributed by atoms with Gasteiger partial charge >= 0.3 is 0 Å². The highest BCUT2D eigenvalue weighted by molar-refractivity contribution is 5.22. The maximum atomic E-state index is 4.26. The summed E-state index contributed by atoms with van der Waals surface area (Å²) in [5, 5.41) is 0. The molecule has 2 nitrogen and oxygen atoms in total. The number of aryl methyl sites for hydroxylation is 1. The second-order valence-corrected chi connectivity index (χ2v) is 3.34. The maximum Gasteiger partial charge on any atom is 0.0372 e. The van der Waals surface area contributed by atoms with E-state index in [1.54, 1.807) is 0 Å². The average molecular weight is 184 g/mol. The fourth-order valence-corrected chi connectivity index (χ4v) is 1.34. The lowest BCUT2D eigenvalue weighted by Crippen LogP contribution is -1.90. The third-order valence-corrected chi connectivity index (χ3v) is 2.13. The van der Waals surface area contributed by atoms with Crippen molar-refractivity contribution in [3.05, 3.63) is 59.7 Å². The molecule has 14 heavy (non-hydrogen) atoms.